The number of aromatic amines is 2. The number of H-pyrrole nitrogens is 2. The fraction of sp³-hybridized carbons (Fsp3) is 0. The molecule has 0 radical (unpaired) electrons. The molecule has 4 aromatic rings. The van der Waals surface area contributed by atoms with Crippen molar-refractivity contribution in [3.8, 4) is 16.8 Å². The summed E-state index contributed by atoms with van der Waals surface area (Å²) in [6, 6.07) is 20.4. The van der Waals surface area contributed by atoms with Crippen LogP contribution in [0.25, 0.3) is 27.8 Å². The maximum atomic E-state index is 5.54. The monoisotopic (exact) mass is 335 g/mol. The highest BCUT2D eigenvalue weighted by molar-refractivity contribution is 7.72. The number of rotatable bonds is 2. The third-order valence-corrected chi connectivity index (χ3v) is 4.32. The highest BCUT2D eigenvalue weighted by Crippen LogP contribution is 2.31. The quantitative estimate of drug-likeness (QED) is 0.480. The fourth-order valence-electron chi connectivity index (χ4n) is 2.79. The molecule has 0 aliphatic rings. The Kier molecular flexibility index (Phi) is 3.44. The summed E-state index contributed by atoms with van der Waals surface area (Å²) in [6.07, 6.45) is 2.10. The Bertz CT molecular complexity index is 1090. The van der Waals surface area contributed by atoms with Crippen molar-refractivity contribution in [3.63, 3.8) is 0 Å². The van der Waals surface area contributed by atoms with E-state index in [1.807, 2.05) is 36.4 Å². The van der Waals surface area contributed by atoms with Crippen LogP contribution < -0.4 is 0 Å². The summed E-state index contributed by atoms with van der Waals surface area (Å²) in [6.45, 7) is 0. The molecule has 2 aromatic carbocycles. The third-order valence-electron chi connectivity index (χ3n) is 3.81. The second-order valence-electron chi connectivity index (χ2n) is 5.25. The zero-order chi connectivity index (χ0) is 15.8. The van der Waals surface area contributed by atoms with Crippen molar-refractivity contribution in [2.24, 2.45) is 0 Å². The van der Waals surface area contributed by atoms with E-state index >= 15 is 0 Å². The smallest absolute Gasteiger partial charge is 0.177 e. The summed E-state index contributed by atoms with van der Waals surface area (Å²) in [7, 11) is 0. The fourth-order valence-corrected chi connectivity index (χ4v) is 3.36. The van der Waals surface area contributed by atoms with Gasteiger partial charge in [0.05, 0.1) is 5.39 Å². The zero-order valence-corrected chi connectivity index (χ0v) is 13.7. The molecule has 0 unspecified atom stereocenters. The minimum atomic E-state index is 0.525. The Morgan fingerprint density at radius 2 is 1.43 bits per heavy atom. The van der Waals surface area contributed by atoms with E-state index < -0.39 is 0 Å². The number of hydrogen-bond acceptors (Lipinski definition) is 2. The summed E-state index contributed by atoms with van der Waals surface area (Å²) in [5.74, 6) is 0. The van der Waals surface area contributed by atoms with Crippen LogP contribution in [0.15, 0.2) is 66.9 Å². The number of para-hydroxylation sites is 1. The normalized spacial score (nSPS) is 11.0. The highest BCUT2D eigenvalue weighted by atomic mass is 32.1. The van der Waals surface area contributed by atoms with Crippen LogP contribution in [0.3, 0.4) is 0 Å². The summed E-state index contributed by atoms with van der Waals surface area (Å²) in [4.78, 5) is 6.29. The molecule has 0 saturated carbocycles. The van der Waals surface area contributed by atoms with E-state index in [0.717, 1.165) is 27.8 Å². The predicted molar refractivity (Wildman–Crippen MR) is 99.1 cm³/mol. The molecule has 0 saturated heterocycles. The first-order chi connectivity index (χ1) is 11.2. The van der Waals surface area contributed by atoms with Gasteiger partial charge in [-0.2, -0.15) is 0 Å². The lowest BCUT2D eigenvalue weighted by Gasteiger charge is -2.04. The van der Waals surface area contributed by atoms with Gasteiger partial charge in [-0.05, 0) is 29.9 Å². The molecule has 0 spiro atoms. The van der Waals surface area contributed by atoms with Crippen molar-refractivity contribution >= 4 is 35.5 Å². The molecule has 0 amide bonds. The topological polar surface area (TPSA) is 36.5 Å². The van der Waals surface area contributed by atoms with E-state index in [1.54, 1.807) is 0 Å². The molecule has 3 nitrogen and oxygen atoms in total. The van der Waals surface area contributed by atoms with Crippen molar-refractivity contribution in [2.45, 2.75) is 0 Å². The molecule has 5 heteroatoms. The average molecular weight is 335 g/mol. The number of hydrogen-bond donors (Lipinski definition) is 2. The van der Waals surface area contributed by atoms with Crippen molar-refractivity contribution in [1.29, 1.82) is 0 Å². The molecule has 23 heavy (non-hydrogen) atoms. The largest absolute Gasteiger partial charge is 0.323 e. The molecule has 0 aliphatic heterocycles. The lowest BCUT2D eigenvalue weighted by atomic mass is 10.1. The number of nitrogens with one attached hydrogen (secondary N) is 2. The van der Waals surface area contributed by atoms with Gasteiger partial charge in [0.25, 0.3) is 0 Å². The number of nitrogens with zero attached hydrogens (tertiary/aromatic N) is 1. The molecular formula is C18H13N3S2. The van der Waals surface area contributed by atoms with Crippen molar-refractivity contribution in [3.05, 3.63) is 76.3 Å². The summed E-state index contributed by atoms with van der Waals surface area (Å²) in [5, 5.41) is 0.976. The van der Waals surface area contributed by atoms with Gasteiger partial charge in [0.15, 0.2) is 4.77 Å². The second-order valence-corrected chi connectivity index (χ2v) is 6.06. The Balaban J connectivity index is 2.13. The zero-order valence-electron chi connectivity index (χ0n) is 12.1. The highest BCUT2D eigenvalue weighted by Gasteiger charge is 2.13. The van der Waals surface area contributed by atoms with Gasteiger partial charge < -0.3 is 14.5 Å². The third kappa shape index (κ3) is 2.44. The predicted octanol–water partition coefficient (Wildman–Crippen LogP) is 5.41. The van der Waals surface area contributed by atoms with Crippen LogP contribution >= 0.6 is 24.4 Å². The van der Waals surface area contributed by atoms with E-state index in [0.29, 0.717) is 9.41 Å². The van der Waals surface area contributed by atoms with Crippen LogP contribution in [0, 0.1) is 9.41 Å². The van der Waals surface area contributed by atoms with Crippen LogP contribution in [0.2, 0.25) is 0 Å². The van der Waals surface area contributed by atoms with Gasteiger partial charge in [-0.3, -0.25) is 0 Å². The first kappa shape index (κ1) is 14.1. The van der Waals surface area contributed by atoms with Gasteiger partial charge in [-0.25, -0.2) is 0 Å². The molecule has 0 atom stereocenters. The number of aromatic nitrogens is 3. The van der Waals surface area contributed by atoms with Crippen LogP contribution in [-0.2, 0) is 0 Å². The molecule has 2 aromatic heterocycles. The minimum absolute atomic E-state index is 0.525. The average Bonchev–Trinajstić information content (AvgIpc) is 2.96. The van der Waals surface area contributed by atoms with E-state index in [9.17, 15) is 0 Å². The Labute approximate surface area is 143 Å². The minimum Gasteiger partial charge on any atom is -0.323 e. The number of benzene rings is 2. The van der Waals surface area contributed by atoms with Crippen molar-refractivity contribution < 1.29 is 0 Å². The molecule has 0 aliphatic carbocycles. The molecule has 2 N–H and O–H groups in total. The van der Waals surface area contributed by atoms with Gasteiger partial charge in [0.1, 0.15) is 10.3 Å². The van der Waals surface area contributed by atoms with Crippen LogP contribution in [0.1, 0.15) is 0 Å². The van der Waals surface area contributed by atoms with Crippen molar-refractivity contribution in [1.82, 2.24) is 14.5 Å². The summed E-state index contributed by atoms with van der Waals surface area (Å²) < 4.78 is 3.27. The van der Waals surface area contributed by atoms with Crippen LogP contribution in [0.5, 0.6) is 0 Å². The Morgan fingerprint density at radius 1 is 0.783 bits per heavy atom. The first-order valence-electron chi connectivity index (χ1n) is 7.22. The van der Waals surface area contributed by atoms with Crippen molar-refractivity contribution in [2.75, 3.05) is 0 Å². The van der Waals surface area contributed by atoms with Gasteiger partial charge >= 0.3 is 0 Å². The standard InChI is InChI=1S/C18H13N3S2/c22-17-15-14(12-7-3-1-4-8-12)11-21(13-9-5-2-6-10-13)16(15)19-18(23)20-17/h1-11H,(H2,19,20,22,23). The second kappa shape index (κ2) is 5.61. The molecule has 4 rings (SSSR count). The molecule has 0 fully saturated rings. The van der Waals surface area contributed by atoms with E-state index in [-0.39, 0.29) is 0 Å². The Morgan fingerprint density at radius 3 is 2.13 bits per heavy atom. The molecule has 2 heterocycles. The molecular weight excluding hydrogens is 322 g/mol. The van der Waals surface area contributed by atoms with Crippen LogP contribution in [-0.4, -0.2) is 14.5 Å². The maximum absolute atomic E-state index is 5.54. The van der Waals surface area contributed by atoms with E-state index in [4.69, 9.17) is 24.4 Å². The summed E-state index contributed by atoms with van der Waals surface area (Å²) in [5.41, 5.74) is 4.17. The van der Waals surface area contributed by atoms with Gasteiger partial charge in [-0.1, -0.05) is 60.7 Å². The van der Waals surface area contributed by atoms with Gasteiger partial charge in [0.2, 0.25) is 0 Å². The first-order valence-corrected chi connectivity index (χ1v) is 8.04. The summed E-state index contributed by atoms with van der Waals surface area (Å²) >= 11 is 10.8. The SMILES string of the molecule is S=c1[nH]c(=S)c2c(-c3ccccc3)cn(-c3ccccc3)c2[nH]1. The molecule has 0 bridgehead atoms. The van der Waals surface area contributed by atoms with Gasteiger partial charge in [-0.15, -0.1) is 0 Å². The van der Waals surface area contributed by atoms with Crippen LogP contribution in [0.4, 0.5) is 0 Å². The number of fused-ring (bicyclic) bond motifs is 1. The maximum Gasteiger partial charge on any atom is 0.177 e. The Hall–Kier alpha value is -2.50. The van der Waals surface area contributed by atoms with Gasteiger partial charge in [0, 0.05) is 17.4 Å². The lowest BCUT2D eigenvalue weighted by Crippen LogP contribution is -1.94. The lowest BCUT2D eigenvalue weighted by molar-refractivity contribution is 1.06. The van der Waals surface area contributed by atoms with E-state index in [2.05, 4.69) is 45.0 Å². The van der Waals surface area contributed by atoms with E-state index in [1.165, 1.54) is 0 Å². The molecule has 112 valence electrons.